The first kappa shape index (κ1) is 20.7. The van der Waals surface area contributed by atoms with Crippen molar-refractivity contribution in [3.05, 3.63) is 57.2 Å². The monoisotopic (exact) mass is 512 g/mol. The number of hydrogen-bond donors (Lipinski definition) is 2. The molecule has 0 saturated carbocycles. The molecule has 2 heterocycles. The quantitative estimate of drug-likeness (QED) is 0.373. The van der Waals surface area contributed by atoms with Crippen molar-refractivity contribution < 1.29 is 8.42 Å². The lowest BCUT2D eigenvalue weighted by Crippen LogP contribution is -2.29. The third-order valence-corrected chi connectivity index (χ3v) is 6.09. The fourth-order valence-electron chi connectivity index (χ4n) is 2.68. The number of nitrogens with one attached hydrogen (secondary N) is 2. The topological polar surface area (TPSA) is 102 Å². The maximum atomic E-state index is 12.3. The van der Waals surface area contributed by atoms with Crippen LogP contribution in [0.25, 0.3) is 5.82 Å². The summed E-state index contributed by atoms with van der Waals surface area (Å²) in [7, 11) is -3.53. The Morgan fingerprint density at radius 1 is 1.04 bits per heavy atom. The van der Waals surface area contributed by atoms with E-state index >= 15 is 0 Å². The minimum atomic E-state index is -3.53. The Morgan fingerprint density at radius 3 is 2.39 bits per heavy atom. The third-order valence-electron chi connectivity index (χ3n) is 3.90. The van der Waals surface area contributed by atoms with Gasteiger partial charge in [0, 0.05) is 28.4 Å². The fraction of sp³-hybridized carbons (Fsp3) is 0.278. The van der Waals surface area contributed by atoms with Gasteiger partial charge in [-0.05, 0) is 73.7 Å². The maximum absolute atomic E-state index is 12.3. The molecule has 0 aliphatic heterocycles. The molecule has 0 spiro atoms. The summed E-state index contributed by atoms with van der Waals surface area (Å²) in [5, 5.41) is 7.57. The first-order chi connectivity index (χ1) is 13.2. The van der Waals surface area contributed by atoms with Gasteiger partial charge in [-0.25, -0.2) is 27.8 Å². The highest BCUT2D eigenvalue weighted by atomic mass is 127. The second-order valence-electron chi connectivity index (χ2n) is 6.28. The summed E-state index contributed by atoms with van der Waals surface area (Å²) < 4.78 is 29.9. The number of nitrogens with zero attached hydrogens (tertiary/aromatic N) is 4. The van der Waals surface area contributed by atoms with Crippen molar-refractivity contribution in [2.45, 2.75) is 25.7 Å². The van der Waals surface area contributed by atoms with Crippen molar-refractivity contribution in [1.29, 1.82) is 0 Å². The van der Waals surface area contributed by atoms with Crippen molar-refractivity contribution in [3.8, 4) is 5.82 Å². The lowest BCUT2D eigenvalue weighted by atomic mass is 10.4. The van der Waals surface area contributed by atoms with Gasteiger partial charge in [0.25, 0.3) is 0 Å². The summed E-state index contributed by atoms with van der Waals surface area (Å²) in [6, 6.07) is 10.5. The summed E-state index contributed by atoms with van der Waals surface area (Å²) in [6.45, 7) is 6.31. The van der Waals surface area contributed by atoms with E-state index in [1.54, 1.807) is 41.9 Å². The highest BCUT2D eigenvalue weighted by molar-refractivity contribution is 14.1. The van der Waals surface area contributed by atoms with Crippen LogP contribution >= 0.6 is 22.6 Å². The van der Waals surface area contributed by atoms with Gasteiger partial charge in [0.15, 0.2) is 5.82 Å². The number of aryl methyl sites for hydroxylation is 3. The van der Waals surface area contributed by atoms with Crippen molar-refractivity contribution in [2.24, 2.45) is 0 Å². The standard InChI is InChI=1S/C18H21IN6O2S/c1-12-10-13(2)25(24-12)18-11-17(22-14(3)23-18)20-8-9-21-28(26,27)16-6-4-15(19)5-7-16/h4-7,10-11,21H,8-9H2,1-3H3,(H,20,22,23). The molecule has 2 N–H and O–H groups in total. The molecular weight excluding hydrogens is 491 g/mol. The van der Waals surface area contributed by atoms with Crippen molar-refractivity contribution >= 4 is 38.4 Å². The summed E-state index contributed by atoms with van der Waals surface area (Å²) in [5.41, 5.74) is 1.89. The van der Waals surface area contributed by atoms with Crippen LogP contribution in [0.3, 0.4) is 0 Å². The van der Waals surface area contributed by atoms with Crippen LogP contribution in [0, 0.1) is 24.3 Å². The zero-order valence-corrected chi connectivity index (χ0v) is 18.7. The number of benzene rings is 1. The predicted molar refractivity (Wildman–Crippen MR) is 116 cm³/mol. The van der Waals surface area contributed by atoms with Crippen LogP contribution < -0.4 is 10.0 Å². The smallest absolute Gasteiger partial charge is 0.240 e. The van der Waals surface area contributed by atoms with E-state index in [1.807, 2.05) is 19.9 Å². The molecule has 0 aliphatic carbocycles. The fourth-order valence-corrected chi connectivity index (χ4v) is 4.08. The molecular formula is C18H21IN6O2S. The molecule has 148 valence electrons. The summed E-state index contributed by atoms with van der Waals surface area (Å²) >= 11 is 2.13. The highest BCUT2D eigenvalue weighted by Crippen LogP contribution is 2.14. The Bertz CT molecular complexity index is 1080. The van der Waals surface area contributed by atoms with E-state index in [0.717, 1.165) is 15.0 Å². The number of aromatic nitrogens is 4. The van der Waals surface area contributed by atoms with E-state index in [0.29, 0.717) is 24.0 Å². The number of rotatable bonds is 7. The van der Waals surface area contributed by atoms with Crippen LogP contribution in [0.4, 0.5) is 5.82 Å². The molecule has 3 aromatic rings. The molecule has 10 heteroatoms. The predicted octanol–water partition coefficient (Wildman–Crippen LogP) is 2.58. The summed E-state index contributed by atoms with van der Waals surface area (Å²) in [6.07, 6.45) is 0. The third kappa shape index (κ3) is 5.06. The van der Waals surface area contributed by atoms with Crippen LogP contribution in [0.5, 0.6) is 0 Å². The molecule has 8 nitrogen and oxygen atoms in total. The molecule has 0 fully saturated rings. The molecule has 0 radical (unpaired) electrons. The van der Waals surface area contributed by atoms with Gasteiger partial charge in [0.2, 0.25) is 10.0 Å². The lowest BCUT2D eigenvalue weighted by molar-refractivity contribution is 0.583. The normalized spacial score (nSPS) is 11.6. The Balaban J connectivity index is 1.63. The van der Waals surface area contributed by atoms with Crippen molar-refractivity contribution in [2.75, 3.05) is 18.4 Å². The lowest BCUT2D eigenvalue weighted by Gasteiger charge is -2.11. The Labute approximate surface area is 178 Å². The number of hydrogen-bond acceptors (Lipinski definition) is 6. The van der Waals surface area contributed by atoms with E-state index in [2.05, 4.69) is 47.7 Å². The van der Waals surface area contributed by atoms with Gasteiger partial charge < -0.3 is 5.32 Å². The van der Waals surface area contributed by atoms with Crippen LogP contribution in [0.15, 0.2) is 41.3 Å². The first-order valence-corrected chi connectivity index (χ1v) is 11.2. The average molecular weight is 512 g/mol. The van der Waals surface area contributed by atoms with E-state index in [4.69, 9.17) is 0 Å². The maximum Gasteiger partial charge on any atom is 0.240 e. The van der Waals surface area contributed by atoms with E-state index in [9.17, 15) is 8.42 Å². The molecule has 2 aromatic heterocycles. The van der Waals surface area contributed by atoms with Crippen LogP contribution in [-0.2, 0) is 10.0 Å². The molecule has 28 heavy (non-hydrogen) atoms. The SMILES string of the molecule is Cc1cc(C)n(-c2cc(NCCNS(=O)(=O)c3ccc(I)cc3)nc(C)n2)n1. The van der Waals surface area contributed by atoms with Gasteiger partial charge in [-0.1, -0.05) is 0 Å². The molecule has 0 amide bonds. The van der Waals surface area contributed by atoms with E-state index in [1.165, 1.54) is 0 Å². The van der Waals surface area contributed by atoms with Gasteiger partial charge in [-0.2, -0.15) is 5.10 Å². The first-order valence-electron chi connectivity index (χ1n) is 8.63. The molecule has 0 saturated heterocycles. The Morgan fingerprint density at radius 2 is 1.75 bits per heavy atom. The minimum absolute atomic E-state index is 0.229. The summed E-state index contributed by atoms with van der Waals surface area (Å²) in [5.74, 6) is 1.88. The van der Waals surface area contributed by atoms with Gasteiger partial charge in [-0.15, -0.1) is 0 Å². The second-order valence-corrected chi connectivity index (χ2v) is 9.29. The Kier molecular flexibility index (Phi) is 6.30. The minimum Gasteiger partial charge on any atom is -0.369 e. The molecule has 0 atom stereocenters. The van der Waals surface area contributed by atoms with E-state index in [-0.39, 0.29) is 11.4 Å². The van der Waals surface area contributed by atoms with Gasteiger partial charge in [0.1, 0.15) is 11.6 Å². The van der Waals surface area contributed by atoms with Gasteiger partial charge >= 0.3 is 0 Å². The number of anilines is 1. The zero-order valence-electron chi connectivity index (χ0n) is 15.8. The Hall–Kier alpha value is -2.05. The molecule has 0 unspecified atom stereocenters. The molecule has 0 aliphatic rings. The molecule has 3 rings (SSSR count). The largest absolute Gasteiger partial charge is 0.369 e. The molecule has 1 aromatic carbocycles. The number of halogens is 1. The highest BCUT2D eigenvalue weighted by Gasteiger charge is 2.13. The van der Waals surface area contributed by atoms with Crippen LogP contribution in [-0.4, -0.2) is 41.3 Å². The average Bonchev–Trinajstić information content (AvgIpc) is 2.97. The molecule has 0 bridgehead atoms. The zero-order chi connectivity index (χ0) is 20.3. The van der Waals surface area contributed by atoms with Gasteiger partial charge in [0.05, 0.1) is 10.6 Å². The summed E-state index contributed by atoms with van der Waals surface area (Å²) in [4.78, 5) is 9.03. The number of sulfonamides is 1. The van der Waals surface area contributed by atoms with Gasteiger partial charge in [-0.3, -0.25) is 0 Å². The van der Waals surface area contributed by atoms with E-state index < -0.39 is 10.0 Å². The van der Waals surface area contributed by atoms with Crippen molar-refractivity contribution in [1.82, 2.24) is 24.5 Å². The van der Waals surface area contributed by atoms with Crippen LogP contribution in [0.2, 0.25) is 0 Å². The van der Waals surface area contributed by atoms with Crippen LogP contribution in [0.1, 0.15) is 17.2 Å². The second kappa shape index (κ2) is 8.53. The van der Waals surface area contributed by atoms with Crippen molar-refractivity contribution in [3.63, 3.8) is 0 Å².